The summed E-state index contributed by atoms with van der Waals surface area (Å²) < 4.78 is 14.6. The predicted molar refractivity (Wildman–Crippen MR) is 131 cm³/mol. The molecule has 0 radical (unpaired) electrons. The van der Waals surface area contributed by atoms with Gasteiger partial charge in [-0.1, -0.05) is 6.07 Å². The number of halogens is 1. The smallest absolute Gasteiger partial charge is 0.223 e. The molecule has 4 heterocycles. The van der Waals surface area contributed by atoms with Gasteiger partial charge in [0.1, 0.15) is 11.6 Å². The van der Waals surface area contributed by atoms with Crippen molar-refractivity contribution in [2.45, 2.75) is 52.0 Å². The number of carbonyl (C=O) groups is 1. The first kappa shape index (κ1) is 23.6. The molecule has 0 saturated heterocycles. The van der Waals surface area contributed by atoms with Crippen molar-refractivity contribution in [1.82, 2.24) is 40.2 Å². The fraction of sp³-hybridized carbons (Fsp3) is 0.360. The quantitative estimate of drug-likeness (QED) is 0.358. The Morgan fingerprint density at radius 2 is 2.03 bits per heavy atom. The maximum Gasteiger partial charge on any atom is 0.223 e. The van der Waals surface area contributed by atoms with Gasteiger partial charge in [0, 0.05) is 41.6 Å². The van der Waals surface area contributed by atoms with Gasteiger partial charge in [-0.05, 0) is 51.7 Å². The van der Waals surface area contributed by atoms with Gasteiger partial charge in [-0.3, -0.25) is 9.89 Å². The van der Waals surface area contributed by atoms with E-state index in [-0.39, 0.29) is 23.8 Å². The largest absolute Gasteiger partial charge is 0.349 e. The summed E-state index contributed by atoms with van der Waals surface area (Å²) in [4.78, 5) is 26.7. The van der Waals surface area contributed by atoms with Gasteiger partial charge in [-0.25, -0.2) is 24.0 Å². The molecule has 4 aromatic heterocycles. The van der Waals surface area contributed by atoms with Crippen molar-refractivity contribution in [1.29, 1.82) is 0 Å². The molecule has 3 unspecified atom stereocenters. The first-order valence-electron chi connectivity index (χ1n) is 12.0. The number of carbonyl (C=O) groups excluding carboxylic acids is 1. The molecular weight excluding hydrogens is 461 g/mol. The summed E-state index contributed by atoms with van der Waals surface area (Å²) in [5.41, 5.74) is 2.69. The summed E-state index contributed by atoms with van der Waals surface area (Å²) in [6.45, 7) is 5.80. The van der Waals surface area contributed by atoms with E-state index >= 15 is 0 Å². The van der Waals surface area contributed by atoms with E-state index in [0.717, 1.165) is 41.8 Å². The fourth-order valence-corrected chi connectivity index (χ4v) is 4.54. The summed E-state index contributed by atoms with van der Waals surface area (Å²) in [5, 5.41) is 17.4. The molecule has 1 aliphatic carbocycles. The lowest BCUT2D eigenvalue weighted by Crippen LogP contribution is -2.31. The van der Waals surface area contributed by atoms with Crippen molar-refractivity contribution in [3.63, 3.8) is 0 Å². The second-order valence-corrected chi connectivity index (χ2v) is 9.30. The molecule has 0 bridgehead atoms. The number of aromatic nitrogens is 7. The summed E-state index contributed by atoms with van der Waals surface area (Å²) in [7, 11) is 0. The van der Waals surface area contributed by atoms with E-state index in [0.29, 0.717) is 23.9 Å². The van der Waals surface area contributed by atoms with E-state index in [4.69, 9.17) is 4.98 Å². The van der Waals surface area contributed by atoms with Gasteiger partial charge >= 0.3 is 0 Å². The number of H-pyrrole nitrogens is 1. The second-order valence-electron chi connectivity index (χ2n) is 9.30. The van der Waals surface area contributed by atoms with Gasteiger partial charge in [0.25, 0.3) is 0 Å². The van der Waals surface area contributed by atoms with Crippen molar-refractivity contribution in [2.75, 3.05) is 5.32 Å². The molecule has 5 rings (SSSR count). The first-order valence-corrected chi connectivity index (χ1v) is 12.0. The fourth-order valence-electron chi connectivity index (χ4n) is 4.54. The topological polar surface area (TPSA) is 126 Å². The molecule has 1 fully saturated rings. The van der Waals surface area contributed by atoms with Crippen LogP contribution in [0, 0.1) is 25.6 Å². The monoisotopic (exact) mass is 489 g/mol. The number of aromatic amines is 1. The van der Waals surface area contributed by atoms with Crippen LogP contribution in [0.1, 0.15) is 60.9 Å². The predicted octanol–water partition coefficient (Wildman–Crippen LogP) is 4.04. The van der Waals surface area contributed by atoms with Crippen LogP contribution in [0.3, 0.4) is 0 Å². The Morgan fingerprint density at radius 3 is 2.72 bits per heavy atom. The third-order valence-corrected chi connectivity index (χ3v) is 6.42. The lowest BCUT2D eigenvalue weighted by Gasteiger charge is -2.18. The van der Waals surface area contributed by atoms with Gasteiger partial charge in [0.05, 0.1) is 18.4 Å². The molecule has 3 N–H and O–H groups in total. The average molecular weight is 490 g/mol. The van der Waals surface area contributed by atoms with E-state index in [1.165, 1.54) is 10.9 Å². The normalized spacial score (nSPS) is 18.2. The van der Waals surface area contributed by atoms with E-state index in [9.17, 15) is 9.18 Å². The highest BCUT2D eigenvalue weighted by Gasteiger charge is 2.33. The number of nitrogens with one attached hydrogen (secondary N) is 3. The number of hydrogen-bond acceptors (Lipinski definition) is 7. The Bertz CT molecular complexity index is 1360. The number of pyridine rings is 1. The molecule has 36 heavy (non-hydrogen) atoms. The summed E-state index contributed by atoms with van der Waals surface area (Å²) >= 11 is 0. The highest BCUT2D eigenvalue weighted by Crippen LogP contribution is 2.37. The molecule has 0 aliphatic heterocycles. The zero-order chi connectivity index (χ0) is 25.2. The van der Waals surface area contributed by atoms with Crippen LogP contribution in [0.2, 0.25) is 0 Å². The molecule has 1 amide bonds. The van der Waals surface area contributed by atoms with E-state index in [1.54, 1.807) is 12.3 Å². The van der Waals surface area contributed by atoms with E-state index in [1.807, 2.05) is 39.0 Å². The minimum Gasteiger partial charge on any atom is -0.349 e. The Kier molecular flexibility index (Phi) is 6.45. The van der Waals surface area contributed by atoms with Crippen LogP contribution in [0.4, 0.5) is 16.0 Å². The van der Waals surface area contributed by atoms with Crippen LogP contribution in [0.25, 0.3) is 5.82 Å². The lowest BCUT2D eigenvalue weighted by atomic mass is 10.0. The number of anilines is 2. The molecule has 1 saturated carbocycles. The van der Waals surface area contributed by atoms with Gasteiger partial charge < -0.3 is 10.6 Å². The van der Waals surface area contributed by atoms with Crippen molar-refractivity contribution in [3.05, 3.63) is 71.4 Å². The first-order chi connectivity index (χ1) is 17.3. The minimum absolute atomic E-state index is 0.0150. The van der Waals surface area contributed by atoms with Crippen LogP contribution in [-0.4, -0.2) is 40.8 Å². The van der Waals surface area contributed by atoms with Crippen molar-refractivity contribution in [2.24, 2.45) is 5.92 Å². The van der Waals surface area contributed by atoms with E-state index < -0.39 is 5.82 Å². The third-order valence-electron chi connectivity index (χ3n) is 6.42. The summed E-state index contributed by atoms with van der Waals surface area (Å²) in [6.07, 6.45) is 6.40. The molecule has 4 aromatic rings. The number of rotatable bonds is 7. The summed E-state index contributed by atoms with van der Waals surface area (Å²) in [6, 6.07) is 7.20. The second kappa shape index (κ2) is 9.84. The van der Waals surface area contributed by atoms with Crippen molar-refractivity contribution >= 4 is 17.5 Å². The van der Waals surface area contributed by atoms with Gasteiger partial charge in [-0.15, -0.1) is 0 Å². The number of nitrogens with zero attached hydrogens (tertiary/aromatic N) is 6. The Hall–Kier alpha value is -4.15. The molecular formula is C25H28FN9O. The lowest BCUT2D eigenvalue weighted by molar-refractivity contribution is -0.125. The Balaban J connectivity index is 1.20. The summed E-state index contributed by atoms with van der Waals surface area (Å²) in [5.74, 6) is 2.26. The van der Waals surface area contributed by atoms with Gasteiger partial charge in [0.15, 0.2) is 17.5 Å². The zero-order valence-electron chi connectivity index (χ0n) is 20.4. The molecule has 1 aliphatic rings. The third kappa shape index (κ3) is 5.24. The maximum absolute atomic E-state index is 13.2. The minimum atomic E-state index is -0.423. The molecule has 3 atom stereocenters. The molecule has 0 spiro atoms. The molecule has 186 valence electrons. The van der Waals surface area contributed by atoms with Crippen molar-refractivity contribution in [3.8, 4) is 5.82 Å². The highest BCUT2D eigenvalue weighted by molar-refractivity contribution is 5.79. The van der Waals surface area contributed by atoms with Crippen LogP contribution in [0.15, 0.2) is 42.9 Å². The van der Waals surface area contributed by atoms with Crippen LogP contribution in [0.5, 0.6) is 0 Å². The number of aryl methyl sites for hydroxylation is 2. The van der Waals surface area contributed by atoms with Crippen LogP contribution >= 0.6 is 0 Å². The molecule has 11 heteroatoms. The zero-order valence-corrected chi connectivity index (χ0v) is 20.4. The van der Waals surface area contributed by atoms with Gasteiger partial charge in [0.2, 0.25) is 5.91 Å². The highest BCUT2D eigenvalue weighted by atomic mass is 19.1. The Labute approximate surface area is 207 Å². The number of hydrogen-bond donors (Lipinski definition) is 3. The van der Waals surface area contributed by atoms with E-state index in [2.05, 4.69) is 35.9 Å². The van der Waals surface area contributed by atoms with Crippen LogP contribution < -0.4 is 10.6 Å². The average Bonchev–Trinajstić information content (AvgIpc) is 3.60. The van der Waals surface area contributed by atoms with Gasteiger partial charge in [-0.2, -0.15) is 10.2 Å². The standard InChI is InChI=1S/C25H28FN9O/c1-14-8-21(31-22-9-15(2)33-34-22)32-24(29-14)17-4-5-18(10-17)25(36)30-16(3)19-6-7-23(27-11-19)35-13-20(26)12-28-35/h6-9,11-13,16-18H,4-5,10H2,1-3H3,(H,30,36)(H2,29,31,32,33,34). The number of amides is 1. The van der Waals surface area contributed by atoms with Crippen LogP contribution in [-0.2, 0) is 4.79 Å². The maximum atomic E-state index is 13.2. The van der Waals surface area contributed by atoms with Crippen molar-refractivity contribution < 1.29 is 9.18 Å². The molecule has 10 nitrogen and oxygen atoms in total. The SMILES string of the molecule is Cc1cc(Nc2cc(C)[nH]n2)nc(C2CCC(C(=O)NC(C)c3ccc(-n4cc(F)cn4)nc3)C2)n1. The molecule has 0 aromatic carbocycles. The Morgan fingerprint density at radius 1 is 1.17 bits per heavy atom.